The molecule has 2 aromatic rings. The van der Waals surface area contributed by atoms with Gasteiger partial charge in [-0.2, -0.15) is 18.3 Å². The van der Waals surface area contributed by atoms with Crippen molar-refractivity contribution in [2.75, 3.05) is 13.2 Å². The Labute approximate surface area is 160 Å². The minimum absolute atomic E-state index is 0. The molecule has 0 atom stereocenters. The lowest BCUT2D eigenvalue weighted by Crippen LogP contribution is -2.56. The Hall–Kier alpha value is -2.10. The summed E-state index contributed by atoms with van der Waals surface area (Å²) in [6, 6.07) is 7.64. The highest BCUT2D eigenvalue weighted by Crippen LogP contribution is 2.27. The van der Waals surface area contributed by atoms with Crippen molar-refractivity contribution >= 4 is 18.3 Å². The number of ether oxygens (including phenoxy) is 1. The zero-order valence-corrected chi connectivity index (χ0v) is 15.1. The molecule has 10 heteroatoms. The molecule has 1 aliphatic rings. The van der Waals surface area contributed by atoms with Gasteiger partial charge in [0.2, 0.25) is 5.91 Å². The lowest BCUT2D eigenvalue weighted by Gasteiger charge is -2.31. The first kappa shape index (κ1) is 21.2. The lowest BCUT2D eigenvalue weighted by atomic mass is 9.90. The topological polar surface area (TPSA) is 82.2 Å². The first-order chi connectivity index (χ1) is 12.3. The molecule has 148 valence electrons. The second kappa shape index (κ2) is 8.28. The number of benzene rings is 1. The van der Waals surface area contributed by atoms with Crippen LogP contribution in [0.15, 0.2) is 36.5 Å². The fourth-order valence-electron chi connectivity index (χ4n) is 2.71. The van der Waals surface area contributed by atoms with E-state index in [4.69, 9.17) is 10.5 Å². The maximum atomic E-state index is 12.6. The highest BCUT2D eigenvalue weighted by molar-refractivity contribution is 5.86. The summed E-state index contributed by atoms with van der Waals surface area (Å²) < 4.78 is 44.2. The van der Waals surface area contributed by atoms with Crippen molar-refractivity contribution in [3.05, 3.63) is 47.8 Å². The van der Waals surface area contributed by atoms with Gasteiger partial charge in [-0.15, -0.1) is 12.4 Å². The summed E-state index contributed by atoms with van der Waals surface area (Å²) in [7, 11) is 0. The Morgan fingerprint density at radius 1 is 1.22 bits per heavy atom. The number of carbonyl (C=O) groups is 1. The molecule has 1 fully saturated rings. The number of hydrogen-bond donors (Lipinski definition) is 2. The van der Waals surface area contributed by atoms with E-state index in [1.165, 1.54) is 6.20 Å². The number of nitrogens with two attached hydrogens (primary N) is 1. The highest BCUT2D eigenvalue weighted by atomic mass is 35.5. The molecule has 0 saturated carbocycles. The molecule has 3 N–H and O–H groups in total. The standard InChI is InChI=1S/C17H19F3N4O2.ClH/c18-17(19,20)14-5-8-24(23-14)13-3-1-12(2-4-13)11-22-15(25)16(21)6-9-26-10-7-16;/h1-5,8H,6-7,9-11,21H2,(H,22,25);1H. The van der Waals surface area contributed by atoms with Gasteiger partial charge in [0, 0.05) is 26.0 Å². The number of alkyl halides is 3. The number of halogens is 4. The molecule has 1 aliphatic heterocycles. The van der Waals surface area contributed by atoms with Crippen LogP contribution < -0.4 is 11.1 Å². The van der Waals surface area contributed by atoms with Gasteiger partial charge in [-0.25, -0.2) is 4.68 Å². The molecule has 1 amide bonds. The summed E-state index contributed by atoms with van der Waals surface area (Å²) >= 11 is 0. The number of rotatable bonds is 4. The first-order valence-corrected chi connectivity index (χ1v) is 8.15. The Bertz CT molecular complexity index is 771. The fourth-order valence-corrected chi connectivity index (χ4v) is 2.71. The van der Waals surface area contributed by atoms with E-state index in [1.807, 2.05) is 0 Å². The van der Waals surface area contributed by atoms with Crippen LogP contribution in [0, 0.1) is 0 Å². The van der Waals surface area contributed by atoms with Crippen molar-refractivity contribution in [2.45, 2.75) is 31.1 Å². The van der Waals surface area contributed by atoms with Gasteiger partial charge in [-0.3, -0.25) is 4.79 Å². The van der Waals surface area contributed by atoms with Crippen LogP contribution in [0.2, 0.25) is 0 Å². The average molecular weight is 405 g/mol. The molecule has 1 saturated heterocycles. The minimum atomic E-state index is -4.47. The summed E-state index contributed by atoms with van der Waals surface area (Å²) in [6.45, 7) is 1.20. The van der Waals surface area contributed by atoms with E-state index in [0.717, 1.165) is 16.3 Å². The summed E-state index contributed by atoms with van der Waals surface area (Å²) in [5, 5.41) is 6.32. The molecular weight excluding hydrogens is 385 g/mol. The van der Waals surface area contributed by atoms with Gasteiger partial charge in [-0.05, 0) is 36.6 Å². The SMILES string of the molecule is Cl.NC1(C(=O)NCc2ccc(-n3ccc(C(F)(F)F)n3)cc2)CCOCC1. The van der Waals surface area contributed by atoms with Gasteiger partial charge in [0.1, 0.15) is 0 Å². The first-order valence-electron chi connectivity index (χ1n) is 8.15. The Morgan fingerprint density at radius 2 is 1.85 bits per heavy atom. The molecule has 0 bridgehead atoms. The molecule has 27 heavy (non-hydrogen) atoms. The van der Waals surface area contributed by atoms with Gasteiger partial charge >= 0.3 is 6.18 Å². The van der Waals surface area contributed by atoms with Crippen molar-refractivity contribution < 1.29 is 22.7 Å². The van der Waals surface area contributed by atoms with E-state index < -0.39 is 17.4 Å². The normalized spacial score (nSPS) is 16.4. The monoisotopic (exact) mass is 404 g/mol. The largest absolute Gasteiger partial charge is 0.435 e. The van der Waals surface area contributed by atoms with Crippen molar-refractivity contribution in [3.63, 3.8) is 0 Å². The molecule has 0 spiro atoms. The van der Waals surface area contributed by atoms with Crippen LogP contribution in [0.3, 0.4) is 0 Å². The number of carbonyl (C=O) groups excluding carboxylic acids is 1. The van der Waals surface area contributed by atoms with Crippen molar-refractivity contribution in [1.29, 1.82) is 0 Å². The van der Waals surface area contributed by atoms with Crippen LogP contribution in [-0.2, 0) is 22.3 Å². The Balaban J connectivity index is 0.00000261. The molecule has 1 aromatic heterocycles. The Morgan fingerprint density at radius 3 is 2.41 bits per heavy atom. The molecule has 0 aliphatic carbocycles. The van der Waals surface area contributed by atoms with Crippen LogP contribution >= 0.6 is 12.4 Å². The van der Waals surface area contributed by atoms with Gasteiger partial charge < -0.3 is 15.8 Å². The average Bonchev–Trinajstić information content (AvgIpc) is 3.11. The second-order valence-electron chi connectivity index (χ2n) is 6.26. The molecule has 0 radical (unpaired) electrons. The van der Waals surface area contributed by atoms with Crippen LogP contribution in [-0.4, -0.2) is 34.4 Å². The number of nitrogens with one attached hydrogen (secondary N) is 1. The van der Waals surface area contributed by atoms with Crippen LogP contribution in [0.4, 0.5) is 13.2 Å². The van der Waals surface area contributed by atoms with Gasteiger partial charge in [-0.1, -0.05) is 12.1 Å². The van der Waals surface area contributed by atoms with Gasteiger partial charge in [0.05, 0.1) is 11.2 Å². The number of amides is 1. The summed E-state index contributed by atoms with van der Waals surface area (Å²) in [5.74, 6) is -0.230. The summed E-state index contributed by atoms with van der Waals surface area (Å²) in [5.41, 5.74) is 5.55. The van der Waals surface area contributed by atoms with E-state index in [2.05, 4.69) is 10.4 Å². The van der Waals surface area contributed by atoms with E-state index in [9.17, 15) is 18.0 Å². The third kappa shape index (κ3) is 5.00. The maximum Gasteiger partial charge on any atom is 0.435 e. The number of hydrogen-bond acceptors (Lipinski definition) is 4. The van der Waals surface area contributed by atoms with Crippen LogP contribution in [0.1, 0.15) is 24.1 Å². The van der Waals surface area contributed by atoms with Crippen molar-refractivity contribution in [3.8, 4) is 5.69 Å². The van der Waals surface area contributed by atoms with E-state index in [0.29, 0.717) is 31.7 Å². The summed E-state index contributed by atoms with van der Waals surface area (Å²) in [4.78, 5) is 12.3. The minimum Gasteiger partial charge on any atom is -0.381 e. The van der Waals surface area contributed by atoms with Crippen molar-refractivity contribution in [2.24, 2.45) is 5.73 Å². The smallest absolute Gasteiger partial charge is 0.381 e. The third-order valence-corrected chi connectivity index (χ3v) is 4.37. The van der Waals surface area contributed by atoms with Gasteiger partial charge in [0.25, 0.3) is 0 Å². The quantitative estimate of drug-likeness (QED) is 0.820. The van der Waals surface area contributed by atoms with Crippen LogP contribution in [0.25, 0.3) is 5.69 Å². The number of aromatic nitrogens is 2. The zero-order valence-electron chi connectivity index (χ0n) is 14.3. The molecule has 3 rings (SSSR count). The molecule has 2 heterocycles. The fraction of sp³-hybridized carbons (Fsp3) is 0.412. The lowest BCUT2D eigenvalue weighted by molar-refractivity contribution is -0.141. The molecule has 0 unspecified atom stereocenters. The maximum absolute atomic E-state index is 12.6. The third-order valence-electron chi connectivity index (χ3n) is 4.37. The highest BCUT2D eigenvalue weighted by Gasteiger charge is 2.35. The summed E-state index contributed by atoms with van der Waals surface area (Å²) in [6.07, 6.45) is -2.28. The zero-order chi connectivity index (χ0) is 18.8. The van der Waals surface area contributed by atoms with E-state index >= 15 is 0 Å². The molecule has 6 nitrogen and oxygen atoms in total. The second-order valence-corrected chi connectivity index (χ2v) is 6.26. The predicted molar refractivity (Wildman–Crippen MR) is 94.6 cm³/mol. The van der Waals surface area contributed by atoms with E-state index in [1.54, 1.807) is 24.3 Å². The molecule has 1 aromatic carbocycles. The van der Waals surface area contributed by atoms with E-state index in [-0.39, 0.29) is 24.9 Å². The molecular formula is C17H20ClF3N4O2. The predicted octanol–water partition coefficient (Wildman–Crippen LogP) is 2.44. The van der Waals surface area contributed by atoms with Crippen LogP contribution in [0.5, 0.6) is 0 Å². The van der Waals surface area contributed by atoms with Gasteiger partial charge in [0.15, 0.2) is 5.69 Å². The number of nitrogens with zero attached hydrogens (tertiary/aromatic N) is 2. The Kier molecular flexibility index (Phi) is 6.50. The van der Waals surface area contributed by atoms with Crippen molar-refractivity contribution in [1.82, 2.24) is 15.1 Å².